The second-order valence-electron chi connectivity index (χ2n) is 5.02. The highest BCUT2D eigenvalue weighted by atomic mass is 19.4. The standard InChI is InChI=1S/C11H12F10O2/c1-3-22-7(4-6(5(2)23-7)8(12,13)14)9(15,10(16,17)18)11(19,20)21/h5-6H,3-4H2,1-2H3. The second kappa shape index (κ2) is 5.64. The zero-order chi connectivity index (χ0) is 18.5. The number of rotatable bonds is 3. The number of alkyl halides is 10. The fraction of sp³-hybridized carbons (Fsp3) is 1.00. The van der Waals surface area contributed by atoms with Gasteiger partial charge >= 0.3 is 24.2 Å². The van der Waals surface area contributed by atoms with Gasteiger partial charge in [0.2, 0.25) is 5.79 Å². The molecule has 0 radical (unpaired) electrons. The van der Waals surface area contributed by atoms with Crippen LogP contribution in [0.1, 0.15) is 20.3 Å². The van der Waals surface area contributed by atoms with Gasteiger partial charge in [0.1, 0.15) is 0 Å². The van der Waals surface area contributed by atoms with Crippen LogP contribution in [0.5, 0.6) is 0 Å². The number of hydrogen-bond acceptors (Lipinski definition) is 2. The first-order valence-electron chi connectivity index (χ1n) is 6.24. The van der Waals surface area contributed by atoms with Gasteiger partial charge in [-0.3, -0.25) is 0 Å². The summed E-state index contributed by atoms with van der Waals surface area (Å²) in [5.74, 6) is -6.91. The molecule has 1 aliphatic rings. The van der Waals surface area contributed by atoms with E-state index in [1.165, 1.54) is 0 Å². The van der Waals surface area contributed by atoms with Crippen LogP contribution < -0.4 is 0 Å². The predicted molar refractivity (Wildman–Crippen MR) is 55.0 cm³/mol. The van der Waals surface area contributed by atoms with Crippen LogP contribution in [0.15, 0.2) is 0 Å². The molecular weight excluding hydrogens is 354 g/mol. The van der Waals surface area contributed by atoms with E-state index >= 15 is 0 Å². The van der Waals surface area contributed by atoms with Gasteiger partial charge in [-0.1, -0.05) is 0 Å². The molecule has 1 fully saturated rings. The SMILES string of the molecule is CCOC1(C(F)(C(F)(F)F)C(F)(F)F)CC(C(F)(F)F)C(C)O1. The maximum absolute atomic E-state index is 14.2. The molecule has 1 saturated heterocycles. The molecule has 1 heterocycles. The molecule has 0 spiro atoms. The van der Waals surface area contributed by atoms with Crippen LogP contribution in [0.2, 0.25) is 0 Å². The predicted octanol–water partition coefficient (Wildman–Crippen LogP) is 4.54. The molecule has 138 valence electrons. The van der Waals surface area contributed by atoms with Gasteiger partial charge in [-0.15, -0.1) is 0 Å². The average molecular weight is 366 g/mol. The lowest BCUT2D eigenvalue weighted by molar-refractivity contribution is -0.436. The van der Waals surface area contributed by atoms with Crippen molar-refractivity contribution in [3.8, 4) is 0 Å². The van der Waals surface area contributed by atoms with E-state index in [9.17, 15) is 43.9 Å². The van der Waals surface area contributed by atoms with Gasteiger partial charge in [0, 0.05) is 13.0 Å². The zero-order valence-corrected chi connectivity index (χ0v) is 11.7. The highest BCUT2D eigenvalue weighted by molar-refractivity contribution is 5.11. The molecule has 12 heteroatoms. The number of ether oxygens (including phenoxy) is 2. The maximum Gasteiger partial charge on any atom is 0.437 e. The average Bonchev–Trinajstić information content (AvgIpc) is 2.63. The Kier molecular flexibility index (Phi) is 4.97. The molecule has 2 nitrogen and oxygen atoms in total. The van der Waals surface area contributed by atoms with Crippen LogP contribution in [0.25, 0.3) is 0 Å². The molecule has 0 amide bonds. The van der Waals surface area contributed by atoms with E-state index in [2.05, 4.69) is 9.47 Å². The lowest BCUT2D eigenvalue weighted by Crippen LogP contribution is -2.69. The van der Waals surface area contributed by atoms with Gasteiger partial charge in [-0.2, -0.15) is 39.5 Å². The van der Waals surface area contributed by atoms with Crippen molar-refractivity contribution in [3.63, 3.8) is 0 Å². The lowest BCUT2D eigenvalue weighted by Gasteiger charge is -2.43. The Hall–Kier alpha value is -0.780. The Labute approximate surface area is 123 Å². The molecule has 0 aromatic rings. The van der Waals surface area contributed by atoms with Crippen LogP contribution in [0, 0.1) is 5.92 Å². The largest absolute Gasteiger partial charge is 0.437 e. The van der Waals surface area contributed by atoms with Crippen molar-refractivity contribution < 1.29 is 53.4 Å². The number of hydrogen-bond donors (Lipinski definition) is 0. The third-order valence-corrected chi connectivity index (χ3v) is 3.54. The van der Waals surface area contributed by atoms with E-state index in [0.29, 0.717) is 6.92 Å². The van der Waals surface area contributed by atoms with E-state index in [4.69, 9.17) is 0 Å². The van der Waals surface area contributed by atoms with Gasteiger partial charge < -0.3 is 9.47 Å². The summed E-state index contributed by atoms with van der Waals surface area (Å²) in [6.45, 7) is 0.588. The van der Waals surface area contributed by atoms with Gasteiger partial charge in [-0.25, -0.2) is 4.39 Å². The van der Waals surface area contributed by atoms with Crippen LogP contribution in [-0.4, -0.2) is 42.7 Å². The minimum absolute atomic E-state index is 0.603. The first kappa shape index (κ1) is 20.3. The normalized spacial score (nSPS) is 30.8. The molecule has 0 saturated carbocycles. The topological polar surface area (TPSA) is 18.5 Å². The Morgan fingerprint density at radius 1 is 0.957 bits per heavy atom. The zero-order valence-electron chi connectivity index (χ0n) is 11.7. The van der Waals surface area contributed by atoms with Crippen molar-refractivity contribution in [2.75, 3.05) is 6.61 Å². The van der Waals surface area contributed by atoms with Crippen LogP contribution in [0.4, 0.5) is 43.9 Å². The molecule has 3 unspecified atom stereocenters. The fourth-order valence-corrected chi connectivity index (χ4v) is 2.51. The monoisotopic (exact) mass is 366 g/mol. The Morgan fingerprint density at radius 3 is 1.65 bits per heavy atom. The summed E-state index contributed by atoms with van der Waals surface area (Å²) in [5, 5.41) is 0. The quantitative estimate of drug-likeness (QED) is 0.683. The molecule has 0 aliphatic carbocycles. The third-order valence-electron chi connectivity index (χ3n) is 3.54. The molecule has 3 atom stereocenters. The van der Waals surface area contributed by atoms with Gasteiger partial charge in [0.05, 0.1) is 12.0 Å². The molecule has 0 aromatic heterocycles. The van der Waals surface area contributed by atoms with E-state index in [-0.39, 0.29) is 0 Å². The highest BCUT2D eigenvalue weighted by Crippen LogP contribution is 2.60. The Morgan fingerprint density at radius 2 is 1.39 bits per heavy atom. The first-order chi connectivity index (χ1) is 10.0. The summed E-state index contributed by atoms with van der Waals surface area (Å²) < 4.78 is 138. The Balaban J connectivity index is 3.51. The summed E-state index contributed by atoms with van der Waals surface area (Å²) in [5.41, 5.74) is -6.11. The molecule has 0 bridgehead atoms. The van der Waals surface area contributed by atoms with Crippen LogP contribution in [-0.2, 0) is 9.47 Å². The van der Waals surface area contributed by atoms with Crippen molar-refractivity contribution in [1.82, 2.24) is 0 Å². The van der Waals surface area contributed by atoms with Crippen molar-refractivity contribution in [2.24, 2.45) is 5.92 Å². The van der Waals surface area contributed by atoms with Crippen molar-refractivity contribution in [3.05, 3.63) is 0 Å². The third kappa shape index (κ3) is 3.11. The minimum atomic E-state index is -6.60. The molecular formula is C11H12F10O2. The lowest BCUT2D eigenvalue weighted by atomic mass is 9.86. The second-order valence-corrected chi connectivity index (χ2v) is 5.02. The first-order valence-corrected chi connectivity index (χ1v) is 6.24. The van der Waals surface area contributed by atoms with E-state index < -0.39 is 55.0 Å². The summed E-state index contributed by atoms with van der Waals surface area (Å²) >= 11 is 0. The van der Waals surface area contributed by atoms with E-state index in [0.717, 1.165) is 6.92 Å². The summed E-state index contributed by atoms with van der Waals surface area (Å²) in [7, 11) is 0. The number of halogens is 10. The minimum Gasteiger partial charge on any atom is -0.347 e. The van der Waals surface area contributed by atoms with Gasteiger partial charge in [-0.05, 0) is 13.8 Å². The van der Waals surface area contributed by atoms with E-state index in [1.54, 1.807) is 0 Å². The highest BCUT2D eigenvalue weighted by Gasteiger charge is 2.85. The van der Waals surface area contributed by atoms with Gasteiger partial charge in [0.15, 0.2) is 0 Å². The summed E-state index contributed by atoms with van der Waals surface area (Å²) in [6, 6.07) is 0. The molecule has 1 rings (SSSR count). The fourth-order valence-electron chi connectivity index (χ4n) is 2.51. The van der Waals surface area contributed by atoms with Crippen LogP contribution in [0.3, 0.4) is 0 Å². The van der Waals surface area contributed by atoms with Crippen molar-refractivity contribution in [2.45, 2.75) is 56.4 Å². The molecule has 0 N–H and O–H groups in total. The van der Waals surface area contributed by atoms with Crippen LogP contribution >= 0.6 is 0 Å². The maximum atomic E-state index is 14.2. The Bertz CT molecular complexity index is 412. The summed E-state index contributed by atoms with van der Waals surface area (Å²) in [4.78, 5) is 0. The van der Waals surface area contributed by atoms with Gasteiger partial charge in [0.25, 0.3) is 0 Å². The van der Waals surface area contributed by atoms with E-state index in [1.807, 2.05) is 0 Å². The molecule has 23 heavy (non-hydrogen) atoms. The van der Waals surface area contributed by atoms with Crippen molar-refractivity contribution in [1.29, 1.82) is 0 Å². The molecule has 0 aromatic carbocycles. The molecule has 1 aliphatic heterocycles. The smallest absolute Gasteiger partial charge is 0.347 e. The summed E-state index contributed by atoms with van der Waals surface area (Å²) in [6.07, 6.45) is -22.5. The van der Waals surface area contributed by atoms with Crippen molar-refractivity contribution >= 4 is 0 Å².